The van der Waals surface area contributed by atoms with Gasteiger partial charge in [-0.2, -0.15) is 5.10 Å². The highest BCUT2D eigenvalue weighted by atomic mass is 35.5. The van der Waals surface area contributed by atoms with Gasteiger partial charge in [0.2, 0.25) is 0 Å². The second-order valence-electron chi connectivity index (χ2n) is 8.73. The van der Waals surface area contributed by atoms with Gasteiger partial charge in [0.25, 0.3) is 11.8 Å². The molecule has 0 fully saturated rings. The average Bonchev–Trinajstić information content (AvgIpc) is 3.56. The monoisotopic (exact) mass is 543 g/mol. The van der Waals surface area contributed by atoms with Crippen LogP contribution in [0.25, 0.3) is 16.9 Å². The fourth-order valence-electron chi connectivity index (χ4n) is 4.10. The topological polar surface area (TPSA) is 107 Å². The lowest BCUT2D eigenvalue weighted by atomic mass is 10.1. The summed E-state index contributed by atoms with van der Waals surface area (Å²) in [6, 6.07) is 17.6. The van der Waals surface area contributed by atoms with Gasteiger partial charge < -0.3 is 15.2 Å². The van der Waals surface area contributed by atoms with Crippen LogP contribution in [0.2, 0.25) is 5.02 Å². The van der Waals surface area contributed by atoms with E-state index in [0.29, 0.717) is 17.2 Å². The second kappa shape index (κ2) is 10.9. The predicted octanol–water partition coefficient (Wildman–Crippen LogP) is 5.20. The van der Waals surface area contributed by atoms with Crippen LogP contribution in [0.4, 0.5) is 10.2 Å². The zero-order valence-electron chi connectivity index (χ0n) is 21.0. The minimum absolute atomic E-state index is 0.0361. The Morgan fingerprint density at radius 1 is 0.974 bits per heavy atom. The zero-order valence-corrected chi connectivity index (χ0v) is 21.7. The van der Waals surface area contributed by atoms with Gasteiger partial charge in [0, 0.05) is 37.3 Å². The van der Waals surface area contributed by atoms with Gasteiger partial charge >= 0.3 is 0 Å². The summed E-state index contributed by atoms with van der Waals surface area (Å²) < 4.78 is 17.9. The van der Waals surface area contributed by atoms with Gasteiger partial charge in [-0.25, -0.2) is 14.1 Å². The highest BCUT2D eigenvalue weighted by Crippen LogP contribution is 2.28. The molecule has 196 valence electrons. The molecule has 2 amide bonds. The molecule has 0 saturated heterocycles. The molecule has 0 unspecified atom stereocenters. The lowest BCUT2D eigenvalue weighted by molar-refractivity contribution is 0.0931. The number of hydrogen-bond donors (Lipinski definition) is 2. The summed E-state index contributed by atoms with van der Waals surface area (Å²) in [6.45, 7) is 1.81. The van der Waals surface area contributed by atoms with E-state index < -0.39 is 17.6 Å². The number of hydrogen-bond acceptors (Lipinski definition) is 5. The van der Waals surface area contributed by atoms with Gasteiger partial charge in [-0.1, -0.05) is 35.9 Å². The standard InChI is InChI=1S/C28H23ClFN7O2/c1-17(26-32-12-13-36(26)2)33-28(39)24-16-25(37(35-24)18-8-4-3-5-9-18)34-27(38)19-14-20(22(30)15-21(19)29)23-10-6-7-11-31-23/h3-17H,1-2H3,(H,33,39)(H,34,38)/t17-/m1/s1. The minimum atomic E-state index is -0.609. The summed E-state index contributed by atoms with van der Waals surface area (Å²) >= 11 is 6.27. The maximum absolute atomic E-state index is 14.7. The van der Waals surface area contributed by atoms with Crippen molar-refractivity contribution in [2.75, 3.05) is 5.32 Å². The smallest absolute Gasteiger partial charge is 0.272 e. The predicted molar refractivity (Wildman–Crippen MR) is 145 cm³/mol. The number of aryl methyl sites for hydroxylation is 1. The molecular formula is C28H23ClFN7O2. The van der Waals surface area contributed by atoms with Gasteiger partial charge in [0.1, 0.15) is 17.5 Å². The second-order valence-corrected chi connectivity index (χ2v) is 9.14. The van der Waals surface area contributed by atoms with E-state index in [1.54, 1.807) is 42.7 Å². The van der Waals surface area contributed by atoms with E-state index in [2.05, 4.69) is 25.7 Å². The lowest BCUT2D eigenvalue weighted by Gasteiger charge is -2.12. The van der Waals surface area contributed by atoms with Gasteiger partial charge in [-0.3, -0.25) is 14.6 Å². The first-order chi connectivity index (χ1) is 18.8. The molecule has 3 aromatic heterocycles. The quantitative estimate of drug-likeness (QED) is 0.293. The van der Waals surface area contributed by atoms with Crippen molar-refractivity contribution in [3.05, 3.63) is 113 Å². The summed E-state index contributed by atoms with van der Waals surface area (Å²) in [5, 5.41) is 10.0. The first-order valence-electron chi connectivity index (χ1n) is 12.0. The van der Waals surface area contributed by atoms with Crippen LogP contribution in [0, 0.1) is 5.82 Å². The number of halogens is 2. The van der Waals surface area contributed by atoms with E-state index in [-0.39, 0.29) is 33.7 Å². The normalized spacial score (nSPS) is 11.7. The number of benzene rings is 2. The Hall–Kier alpha value is -4.83. The van der Waals surface area contributed by atoms with E-state index in [4.69, 9.17) is 11.6 Å². The fraction of sp³-hybridized carbons (Fsp3) is 0.107. The molecule has 0 aliphatic heterocycles. The molecular weight excluding hydrogens is 521 g/mol. The molecule has 0 aliphatic carbocycles. The van der Waals surface area contributed by atoms with Crippen LogP contribution in [0.3, 0.4) is 0 Å². The molecule has 1 atom stereocenters. The van der Waals surface area contributed by atoms with Crippen molar-refractivity contribution in [3.63, 3.8) is 0 Å². The van der Waals surface area contributed by atoms with Gasteiger partial charge in [0.05, 0.1) is 28.0 Å². The van der Waals surface area contributed by atoms with Crippen molar-refractivity contribution in [1.82, 2.24) is 29.6 Å². The number of aromatic nitrogens is 5. The molecule has 5 aromatic rings. The van der Waals surface area contributed by atoms with E-state index in [9.17, 15) is 14.0 Å². The van der Waals surface area contributed by atoms with Gasteiger partial charge in [-0.05, 0) is 43.3 Å². The van der Waals surface area contributed by atoms with E-state index in [1.807, 2.05) is 36.7 Å². The van der Waals surface area contributed by atoms with Crippen molar-refractivity contribution in [1.29, 1.82) is 0 Å². The van der Waals surface area contributed by atoms with E-state index >= 15 is 0 Å². The van der Waals surface area contributed by atoms with E-state index in [0.717, 1.165) is 6.07 Å². The third kappa shape index (κ3) is 5.41. The molecule has 0 spiro atoms. The highest BCUT2D eigenvalue weighted by Gasteiger charge is 2.22. The number of anilines is 1. The molecule has 0 aliphatic rings. The number of nitrogens with one attached hydrogen (secondary N) is 2. The number of nitrogens with zero attached hydrogens (tertiary/aromatic N) is 5. The van der Waals surface area contributed by atoms with Crippen LogP contribution in [0.15, 0.2) is 85.3 Å². The SMILES string of the molecule is C[C@@H](NC(=O)c1cc(NC(=O)c2cc(-c3ccccn3)c(F)cc2Cl)n(-c2ccccc2)n1)c1nccn1C. The first kappa shape index (κ1) is 25.8. The summed E-state index contributed by atoms with van der Waals surface area (Å²) in [4.78, 5) is 34.9. The first-order valence-corrected chi connectivity index (χ1v) is 12.3. The third-order valence-corrected chi connectivity index (χ3v) is 6.33. The average molecular weight is 544 g/mol. The summed E-state index contributed by atoms with van der Waals surface area (Å²) in [5.41, 5.74) is 1.22. The van der Waals surface area contributed by atoms with Crippen molar-refractivity contribution >= 4 is 29.2 Å². The van der Waals surface area contributed by atoms with Crippen molar-refractivity contribution in [2.24, 2.45) is 7.05 Å². The number of amides is 2. The number of imidazole rings is 1. The third-order valence-electron chi connectivity index (χ3n) is 6.02. The number of para-hydroxylation sites is 1. The Kier molecular flexibility index (Phi) is 7.20. The minimum Gasteiger partial charge on any atom is -0.341 e. The van der Waals surface area contributed by atoms with Gasteiger partial charge in [-0.15, -0.1) is 0 Å². The van der Waals surface area contributed by atoms with Gasteiger partial charge in [0.15, 0.2) is 5.69 Å². The van der Waals surface area contributed by atoms with Crippen LogP contribution < -0.4 is 10.6 Å². The molecule has 9 nitrogen and oxygen atoms in total. The maximum atomic E-state index is 14.7. The molecule has 3 heterocycles. The van der Waals surface area contributed by atoms with Crippen molar-refractivity contribution in [3.8, 4) is 16.9 Å². The number of carbonyl (C=O) groups is 2. The maximum Gasteiger partial charge on any atom is 0.272 e. The Morgan fingerprint density at radius 2 is 1.74 bits per heavy atom. The molecule has 2 aromatic carbocycles. The molecule has 5 rings (SSSR count). The summed E-state index contributed by atoms with van der Waals surface area (Å²) in [7, 11) is 1.84. The Balaban J connectivity index is 1.47. The van der Waals surface area contributed by atoms with E-state index in [1.165, 1.54) is 23.0 Å². The van der Waals surface area contributed by atoms with Crippen molar-refractivity contribution in [2.45, 2.75) is 13.0 Å². The molecule has 0 saturated carbocycles. The highest BCUT2D eigenvalue weighted by molar-refractivity contribution is 6.34. The number of pyridine rings is 1. The number of rotatable bonds is 7. The van der Waals surface area contributed by atoms with Crippen LogP contribution in [-0.2, 0) is 7.05 Å². The molecule has 0 radical (unpaired) electrons. The molecule has 11 heteroatoms. The largest absolute Gasteiger partial charge is 0.341 e. The molecule has 2 N–H and O–H groups in total. The molecule has 0 bridgehead atoms. The molecule has 39 heavy (non-hydrogen) atoms. The Morgan fingerprint density at radius 3 is 2.44 bits per heavy atom. The van der Waals surface area contributed by atoms with Crippen LogP contribution >= 0.6 is 11.6 Å². The van der Waals surface area contributed by atoms with Crippen LogP contribution in [0.1, 0.15) is 39.6 Å². The fourth-order valence-corrected chi connectivity index (χ4v) is 4.34. The van der Waals surface area contributed by atoms with Crippen LogP contribution in [-0.4, -0.2) is 36.1 Å². The van der Waals surface area contributed by atoms with Crippen LogP contribution in [0.5, 0.6) is 0 Å². The zero-order chi connectivity index (χ0) is 27.5. The summed E-state index contributed by atoms with van der Waals surface area (Å²) in [5.74, 6) is -0.768. The van der Waals surface area contributed by atoms with Crippen molar-refractivity contribution < 1.29 is 14.0 Å². The lowest BCUT2D eigenvalue weighted by Crippen LogP contribution is -2.28. The summed E-state index contributed by atoms with van der Waals surface area (Å²) in [6.07, 6.45) is 4.97. The Bertz CT molecular complexity index is 1650. The Labute approximate surface area is 228 Å². The number of carbonyl (C=O) groups excluding carboxylic acids is 2.